The molecule has 9 heteroatoms. The Hall–Kier alpha value is -3.75. The molecule has 4 rings (SSSR count). The van der Waals surface area contributed by atoms with Crippen molar-refractivity contribution >= 4 is 28.9 Å². The van der Waals surface area contributed by atoms with Gasteiger partial charge in [-0.25, -0.2) is 4.98 Å². The lowest BCUT2D eigenvalue weighted by Crippen LogP contribution is -2.50. The van der Waals surface area contributed by atoms with E-state index in [1.807, 2.05) is 28.8 Å². The van der Waals surface area contributed by atoms with Crippen LogP contribution in [0.3, 0.4) is 0 Å². The lowest BCUT2D eigenvalue weighted by atomic mass is 9.89. The molecular formula is C26H31N3O6. The first kappa shape index (κ1) is 24.4. The van der Waals surface area contributed by atoms with Gasteiger partial charge in [-0.1, -0.05) is 31.9 Å². The molecule has 0 saturated heterocycles. The summed E-state index contributed by atoms with van der Waals surface area (Å²) in [5.74, 6) is -1.47. The maximum Gasteiger partial charge on any atom is 0.321 e. The second-order valence-corrected chi connectivity index (χ2v) is 8.42. The van der Waals surface area contributed by atoms with E-state index in [1.54, 1.807) is 24.0 Å². The number of phenols is 1. The van der Waals surface area contributed by atoms with E-state index in [0.717, 1.165) is 24.8 Å². The Morgan fingerprint density at radius 2 is 1.77 bits per heavy atom. The Morgan fingerprint density at radius 1 is 1.09 bits per heavy atom. The molecule has 0 aliphatic carbocycles. The van der Waals surface area contributed by atoms with Gasteiger partial charge in [0.05, 0.1) is 37.9 Å². The Bertz CT molecular complexity index is 1210. The first-order valence-electron chi connectivity index (χ1n) is 11.9. The highest BCUT2D eigenvalue weighted by Gasteiger charge is 2.48. The molecule has 2 atom stereocenters. The third-order valence-corrected chi connectivity index (χ3v) is 6.31. The van der Waals surface area contributed by atoms with Crippen molar-refractivity contribution in [2.75, 3.05) is 32.3 Å². The molecule has 1 aromatic heterocycles. The number of benzene rings is 2. The molecule has 35 heavy (non-hydrogen) atoms. The number of nitrogens with zero attached hydrogens (tertiary/aromatic N) is 3. The number of methoxy groups -OCH3 is 2. The molecule has 0 fully saturated rings. The first-order chi connectivity index (χ1) is 17.0. The quantitative estimate of drug-likeness (QED) is 0.279. The van der Waals surface area contributed by atoms with E-state index in [1.165, 1.54) is 14.2 Å². The van der Waals surface area contributed by atoms with Crippen LogP contribution in [0.5, 0.6) is 17.2 Å². The maximum absolute atomic E-state index is 13.9. The summed E-state index contributed by atoms with van der Waals surface area (Å²) in [5.41, 5.74) is 2.05. The van der Waals surface area contributed by atoms with Crippen LogP contribution in [0.1, 0.15) is 44.7 Å². The van der Waals surface area contributed by atoms with Crippen molar-refractivity contribution in [3.05, 3.63) is 42.0 Å². The van der Waals surface area contributed by atoms with Gasteiger partial charge in [-0.15, -0.1) is 0 Å². The summed E-state index contributed by atoms with van der Waals surface area (Å²) < 4.78 is 18.0. The van der Waals surface area contributed by atoms with E-state index in [-0.39, 0.29) is 29.8 Å². The average molecular weight is 482 g/mol. The number of carbonyl (C=O) groups is 2. The largest absolute Gasteiger partial charge is 0.502 e. The van der Waals surface area contributed by atoms with Crippen LogP contribution in [0, 0.1) is 5.92 Å². The summed E-state index contributed by atoms with van der Waals surface area (Å²) in [4.78, 5) is 33.6. The predicted octanol–water partition coefficient (Wildman–Crippen LogP) is 4.06. The molecule has 1 aliphatic heterocycles. The number of hydrogen-bond acceptors (Lipinski definition) is 7. The van der Waals surface area contributed by atoms with Gasteiger partial charge in [-0.05, 0) is 43.2 Å². The van der Waals surface area contributed by atoms with Gasteiger partial charge in [0.15, 0.2) is 17.4 Å². The van der Waals surface area contributed by atoms with Crippen LogP contribution >= 0.6 is 0 Å². The molecule has 2 aromatic carbocycles. The van der Waals surface area contributed by atoms with E-state index in [2.05, 4.69) is 6.92 Å². The van der Waals surface area contributed by atoms with Gasteiger partial charge in [0.25, 0.3) is 0 Å². The number of rotatable bonds is 9. The van der Waals surface area contributed by atoms with Crippen LogP contribution in [-0.2, 0) is 14.3 Å². The van der Waals surface area contributed by atoms with Crippen molar-refractivity contribution in [1.82, 2.24) is 9.55 Å². The third kappa shape index (κ3) is 4.26. The van der Waals surface area contributed by atoms with Crippen LogP contribution in [-0.4, -0.2) is 53.9 Å². The van der Waals surface area contributed by atoms with Crippen LogP contribution in [0.4, 0.5) is 5.95 Å². The Balaban J connectivity index is 1.99. The topological polar surface area (TPSA) is 103 Å². The summed E-state index contributed by atoms with van der Waals surface area (Å²) >= 11 is 0. The number of hydrogen-bond donors (Lipinski definition) is 1. The smallest absolute Gasteiger partial charge is 0.321 e. The highest BCUT2D eigenvalue weighted by Crippen LogP contribution is 2.46. The lowest BCUT2D eigenvalue weighted by Gasteiger charge is -2.38. The van der Waals surface area contributed by atoms with Crippen molar-refractivity contribution in [1.29, 1.82) is 0 Å². The molecule has 2 heterocycles. The number of aromatic nitrogens is 2. The summed E-state index contributed by atoms with van der Waals surface area (Å²) in [6.45, 7) is 4.39. The molecule has 1 aliphatic rings. The number of phenolic OH excluding ortho intramolecular Hbond substituents is 1. The number of ether oxygens (including phenoxy) is 3. The highest BCUT2D eigenvalue weighted by atomic mass is 16.5. The summed E-state index contributed by atoms with van der Waals surface area (Å²) in [6, 6.07) is 10.0. The summed E-state index contributed by atoms with van der Waals surface area (Å²) in [7, 11) is 2.86. The van der Waals surface area contributed by atoms with E-state index in [0.29, 0.717) is 23.6 Å². The molecule has 0 unspecified atom stereocenters. The number of unbranched alkanes of at least 4 members (excludes halogenated alkanes) is 2. The fourth-order valence-electron chi connectivity index (χ4n) is 4.66. The molecule has 1 N–H and O–H groups in total. The minimum absolute atomic E-state index is 0.144. The fraction of sp³-hybridized carbons (Fsp3) is 0.423. The van der Waals surface area contributed by atoms with E-state index < -0.39 is 17.9 Å². The molecule has 0 radical (unpaired) electrons. The summed E-state index contributed by atoms with van der Waals surface area (Å²) in [5, 5.41) is 10.5. The van der Waals surface area contributed by atoms with E-state index in [9.17, 15) is 14.7 Å². The van der Waals surface area contributed by atoms with Crippen LogP contribution in [0.2, 0.25) is 0 Å². The van der Waals surface area contributed by atoms with Gasteiger partial charge in [0, 0.05) is 6.54 Å². The monoisotopic (exact) mass is 481 g/mol. The van der Waals surface area contributed by atoms with Gasteiger partial charge >= 0.3 is 5.97 Å². The second kappa shape index (κ2) is 10.2. The van der Waals surface area contributed by atoms with Gasteiger partial charge in [0.1, 0.15) is 0 Å². The average Bonchev–Trinajstić information content (AvgIpc) is 3.24. The van der Waals surface area contributed by atoms with Crippen molar-refractivity contribution in [2.24, 2.45) is 5.92 Å². The minimum Gasteiger partial charge on any atom is -0.502 e. The second-order valence-electron chi connectivity index (χ2n) is 8.42. The molecule has 0 spiro atoms. The predicted molar refractivity (Wildman–Crippen MR) is 131 cm³/mol. The van der Waals surface area contributed by atoms with Crippen LogP contribution in [0.15, 0.2) is 36.4 Å². The van der Waals surface area contributed by atoms with E-state index >= 15 is 0 Å². The number of aromatic hydroxyl groups is 1. The molecule has 3 aromatic rings. The molecule has 9 nitrogen and oxygen atoms in total. The Kier molecular flexibility index (Phi) is 7.14. The zero-order valence-electron chi connectivity index (χ0n) is 20.5. The Labute approximate surface area is 204 Å². The number of esters is 1. The van der Waals surface area contributed by atoms with Crippen molar-refractivity contribution in [3.63, 3.8) is 0 Å². The SMILES string of the molecule is CCCCCN1C(=O)[C@H](C(=O)OCC)[C@@H](c2cc(OC)c(O)c(OC)c2)n2c1nc1ccccc12. The minimum atomic E-state index is -1.15. The van der Waals surface area contributed by atoms with Crippen molar-refractivity contribution in [3.8, 4) is 17.2 Å². The number of anilines is 1. The highest BCUT2D eigenvalue weighted by molar-refractivity contribution is 6.08. The van der Waals surface area contributed by atoms with Crippen molar-refractivity contribution < 1.29 is 28.9 Å². The number of amides is 1. The molecular weight excluding hydrogens is 450 g/mol. The number of imidazole rings is 1. The van der Waals surface area contributed by atoms with Crippen LogP contribution in [0.25, 0.3) is 11.0 Å². The van der Waals surface area contributed by atoms with Gasteiger partial charge < -0.3 is 23.9 Å². The standard InChI is InChI=1S/C26H31N3O6/c1-5-7-10-13-28-24(31)21(25(32)35-6-2)22(16-14-19(33-3)23(30)20(15-16)34-4)29-18-12-9-8-11-17(18)27-26(28)29/h8-9,11-12,14-15,21-22,30H,5-7,10,13H2,1-4H3/t21-,22-/m1/s1. The van der Waals surface area contributed by atoms with Gasteiger partial charge in [0.2, 0.25) is 17.6 Å². The van der Waals surface area contributed by atoms with E-state index in [4.69, 9.17) is 19.2 Å². The van der Waals surface area contributed by atoms with Gasteiger partial charge in [-0.3, -0.25) is 14.5 Å². The maximum atomic E-state index is 13.9. The number of fused-ring (bicyclic) bond motifs is 3. The molecule has 186 valence electrons. The summed E-state index contributed by atoms with van der Waals surface area (Å²) in [6.07, 6.45) is 2.73. The first-order valence-corrected chi connectivity index (χ1v) is 11.9. The molecule has 0 saturated carbocycles. The number of para-hydroxylation sites is 2. The molecule has 1 amide bonds. The van der Waals surface area contributed by atoms with Crippen LogP contribution < -0.4 is 14.4 Å². The van der Waals surface area contributed by atoms with Gasteiger partial charge in [-0.2, -0.15) is 0 Å². The lowest BCUT2D eigenvalue weighted by molar-refractivity contribution is -0.153. The third-order valence-electron chi connectivity index (χ3n) is 6.31. The number of carbonyl (C=O) groups excluding carboxylic acids is 2. The fourth-order valence-corrected chi connectivity index (χ4v) is 4.66. The molecule has 0 bridgehead atoms. The zero-order chi connectivity index (χ0) is 25.1. The van der Waals surface area contributed by atoms with Crippen molar-refractivity contribution in [2.45, 2.75) is 39.2 Å². The normalized spacial score (nSPS) is 17.4. The zero-order valence-corrected chi connectivity index (χ0v) is 20.5. The Morgan fingerprint density at radius 3 is 2.40 bits per heavy atom.